The molecule has 2 rings (SSSR count). The summed E-state index contributed by atoms with van der Waals surface area (Å²) < 4.78 is 0. The van der Waals surface area contributed by atoms with Gasteiger partial charge >= 0.3 is 0 Å². The molecular weight excluding hydrogens is 202 g/mol. The zero-order valence-corrected chi connectivity index (χ0v) is 9.07. The summed E-state index contributed by atoms with van der Waals surface area (Å²) in [5, 5.41) is 0. The number of amides is 1. The number of anilines is 1. The molecule has 1 aliphatic carbocycles. The molecule has 0 aliphatic heterocycles. The number of hydrogen-bond donors (Lipinski definition) is 2. The second kappa shape index (κ2) is 4.31. The Morgan fingerprint density at radius 3 is 2.94 bits per heavy atom. The maximum Gasteiger partial charge on any atom is 0.271 e. The fourth-order valence-electron chi connectivity index (χ4n) is 1.65. The molecule has 16 heavy (non-hydrogen) atoms. The van der Waals surface area contributed by atoms with Crippen LogP contribution < -0.4 is 5.73 Å². The third kappa shape index (κ3) is 2.37. The molecule has 0 unspecified atom stereocenters. The minimum atomic E-state index is -0.0680. The van der Waals surface area contributed by atoms with Crippen molar-refractivity contribution in [2.24, 2.45) is 5.92 Å². The molecule has 0 aromatic carbocycles. The summed E-state index contributed by atoms with van der Waals surface area (Å²) in [6.07, 6.45) is 9.27. The van der Waals surface area contributed by atoms with Crippen LogP contribution in [0.4, 0.5) is 5.69 Å². The second-order valence-corrected chi connectivity index (χ2v) is 4.18. The lowest BCUT2D eigenvalue weighted by molar-refractivity contribution is 0.0764. The van der Waals surface area contributed by atoms with Gasteiger partial charge in [-0.1, -0.05) is 5.92 Å². The number of nitrogen functional groups attached to an aromatic ring is 1. The molecule has 0 saturated heterocycles. The predicted octanol–water partition coefficient (Wildman–Crippen LogP) is 1.08. The van der Waals surface area contributed by atoms with Gasteiger partial charge in [0.25, 0.3) is 5.91 Å². The average Bonchev–Trinajstić information content (AvgIpc) is 2.97. The van der Waals surface area contributed by atoms with Crippen LogP contribution in [-0.2, 0) is 0 Å². The van der Waals surface area contributed by atoms with Crippen LogP contribution in [0.3, 0.4) is 0 Å². The van der Waals surface area contributed by atoms with Gasteiger partial charge < -0.3 is 15.6 Å². The lowest BCUT2D eigenvalue weighted by Crippen LogP contribution is -2.33. The maximum atomic E-state index is 12.1. The van der Waals surface area contributed by atoms with Crippen molar-refractivity contribution < 1.29 is 4.79 Å². The standard InChI is InChI=1S/C12H15N3O/c1-2-5-15(8-9-3-4-9)12(16)11-6-10(13)7-14-11/h1,6-7,9,14H,3-5,8,13H2. The third-order valence-corrected chi connectivity index (χ3v) is 2.68. The number of nitrogens with one attached hydrogen (secondary N) is 1. The van der Waals surface area contributed by atoms with Crippen molar-refractivity contribution in [2.45, 2.75) is 12.8 Å². The molecule has 1 aromatic rings. The number of carbonyl (C=O) groups is 1. The van der Waals surface area contributed by atoms with Gasteiger partial charge in [-0.25, -0.2) is 0 Å². The smallest absolute Gasteiger partial charge is 0.271 e. The molecule has 0 bridgehead atoms. The molecule has 0 atom stereocenters. The number of nitrogens with zero attached hydrogens (tertiary/aromatic N) is 1. The van der Waals surface area contributed by atoms with Gasteiger partial charge in [0.2, 0.25) is 0 Å². The quantitative estimate of drug-likeness (QED) is 0.741. The molecule has 1 fully saturated rings. The summed E-state index contributed by atoms with van der Waals surface area (Å²) in [5.74, 6) is 3.08. The van der Waals surface area contributed by atoms with Gasteiger partial charge in [-0.3, -0.25) is 4.79 Å². The topological polar surface area (TPSA) is 62.1 Å². The summed E-state index contributed by atoms with van der Waals surface area (Å²) in [7, 11) is 0. The van der Waals surface area contributed by atoms with Gasteiger partial charge in [-0.2, -0.15) is 0 Å². The second-order valence-electron chi connectivity index (χ2n) is 4.18. The number of aromatic nitrogens is 1. The highest BCUT2D eigenvalue weighted by atomic mass is 16.2. The van der Waals surface area contributed by atoms with Crippen LogP contribution in [0.15, 0.2) is 12.3 Å². The molecular formula is C12H15N3O. The van der Waals surface area contributed by atoms with Crippen molar-refractivity contribution in [1.82, 2.24) is 9.88 Å². The van der Waals surface area contributed by atoms with Gasteiger partial charge in [0.15, 0.2) is 0 Å². The lowest BCUT2D eigenvalue weighted by Gasteiger charge is -2.19. The minimum Gasteiger partial charge on any atom is -0.397 e. The van der Waals surface area contributed by atoms with Crippen LogP contribution in [-0.4, -0.2) is 28.9 Å². The highest BCUT2D eigenvalue weighted by Crippen LogP contribution is 2.30. The van der Waals surface area contributed by atoms with E-state index in [-0.39, 0.29) is 5.91 Å². The molecule has 4 heteroatoms. The molecule has 1 aromatic heterocycles. The number of rotatable bonds is 4. The Balaban J connectivity index is 2.06. The van der Waals surface area contributed by atoms with E-state index < -0.39 is 0 Å². The van der Waals surface area contributed by atoms with E-state index in [2.05, 4.69) is 10.9 Å². The normalized spacial score (nSPS) is 14.4. The van der Waals surface area contributed by atoms with Crippen LogP contribution in [0, 0.1) is 18.3 Å². The Bertz CT molecular complexity index is 426. The molecule has 4 nitrogen and oxygen atoms in total. The van der Waals surface area contributed by atoms with Gasteiger partial charge in [0.05, 0.1) is 6.54 Å². The van der Waals surface area contributed by atoms with Crippen molar-refractivity contribution in [3.05, 3.63) is 18.0 Å². The zero-order valence-electron chi connectivity index (χ0n) is 9.07. The highest BCUT2D eigenvalue weighted by Gasteiger charge is 2.27. The highest BCUT2D eigenvalue weighted by molar-refractivity contribution is 5.93. The van der Waals surface area contributed by atoms with E-state index in [4.69, 9.17) is 12.2 Å². The molecule has 1 heterocycles. The number of carbonyl (C=O) groups excluding carboxylic acids is 1. The van der Waals surface area contributed by atoms with E-state index in [0.717, 1.165) is 6.54 Å². The van der Waals surface area contributed by atoms with Crippen LogP contribution in [0.1, 0.15) is 23.3 Å². The Hall–Kier alpha value is -1.89. The fraction of sp³-hybridized carbons (Fsp3) is 0.417. The first kappa shape index (κ1) is 10.6. The van der Waals surface area contributed by atoms with E-state index in [9.17, 15) is 4.79 Å². The lowest BCUT2D eigenvalue weighted by atomic mass is 10.3. The maximum absolute atomic E-state index is 12.1. The molecule has 1 saturated carbocycles. The third-order valence-electron chi connectivity index (χ3n) is 2.68. The van der Waals surface area contributed by atoms with Crippen LogP contribution in [0.5, 0.6) is 0 Å². The van der Waals surface area contributed by atoms with E-state index in [1.165, 1.54) is 12.8 Å². The van der Waals surface area contributed by atoms with Crippen molar-refractivity contribution in [2.75, 3.05) is 18.8 Å². The molecule has 1 amide bonds. The predicted molar refractivity (Wildman–Crippen MR) is 62.7 cm³/mol. The number of hydrogen-bond acceptors (Lipinski definition) is 2. The Morgan fingerprint density at radius 1 is 1.69 bits per heavy atom. The number of terminal acetylenes is 1. The first-order valence-corrected chi connectivity index (χ1v) is 5.37. The monoisotopic (exact) mass is 217 g/mol. The van der Waals surface area contributed by atoms with E-state index >= 15 is 0 Å². The number of H-pyrrole nitrogens is 1. The molecule has 0 spiro atoms. The summed E-state index contributed by atoms with van der Waals surface area (Å²) in [6.45, 7) is 1.11. The summed E-state index contributed by atoms with van der Waals surface area (Å²) in [5.41, 5.74) is 6.63. The Labute approximate surface area is 94.8 Å². The minimum absolute atomic E-state index is 0.0680. The molecule has 0 radical (unpaired) electrons. The summed E-state index contributed by atoms with van der Waals surface area (Å²) in [6, 6.07) is 1.64. The Kier molecular flexibility index (Phi) is 2.86. The van der Waals surface area contributed by atoms with Gasteiger partial charge in [0, 0.05) is 18.4 Å². The van der Waals surface area contributed by atoms with Crippen LogP contribution in [0.25, 0.3) is 0 Å². The molecule has 3 N–H and O–H groups in total. The molecule has 1 aliphatic rings. The van der Waals surface area contributed by atoms with E-state index in [1.54, 1.807) is 17.2 Å². The van der Waals surface area contributed by atoms with Crippen molar-refractivity contribution in [3.8, 4) is 12.3 Å². The van der Waals surface area contributed by atoms with Crippen LogP contribution in [0.2, 0.25) is 0 Å². The zero-order chi connectivity index (χ0) is 11.5. The number of aromatic amines is 1. The van der Waals surface area contributed by atoms with Gasteiger partial charge in [-0.15, -0.1) is 6.42 Å². The Morgan fingerprint density at radius 2 is 2.44 bits per heavy atom. The summed E-state index contributed by atoms with van der Waals surface area (Å²) >= 11 is 0. The van der Waals surface area contributed by atoms with Crippen molar-refractivity contribution in [1.29, 1.82) is 0 Å². The largest absolute Gasteiger partial charge is 0.397 e. The van der Waals surface area contributed by atoms with Crippen molar-refractivity contribution >= 4 is 11.6 Å². The van der Waals surface area contributed by atoms with Gasteiger partial charge in [-0.05, 0) is 24.8 Å². The number of nitrogens with two attached hydrogens (primary N) is 1. The van der Waals surface area contributed by atoms with Crippen molar-refractivity contribution in [3.63, 3.8) is 0 Å². The fourth-order valence-corrected chi connectivity index (χ4v) is 1.65. The first-order valence-electron chi connectivity index (χ1n) is 5.37. The molecule has 84 valence electrons. The van der Waals surface area contributed by atoms with E-state index in [0.29, 0.717) is 23.8 Å². The van der Waals surface area contributed by atoms with Gasteiger partial charge in [0.1, 0.15) is 5.69 Å². The first-order chi connectivity index (χ1) is 7.70. The summed E-state index contributed by atoms with van der Waals surface area (Å²) in [4.78, 5) is 16.6. The van der Waals surface area contributed by atoms with E-state index in [1.807, 2.05) is 0 Å². The van der Waals surface area contributed by atoms with Crippen LogP contribution >= 0.6 is 0 Å². The average molecular weight is 217 g/mol. The SMILES string of the molecule is C#CCN(CC1CC1)C(=O)c1cc(N)c[nH]1.